The van der Waals surface area contributed by atoms with Crippen LogP contribution in [0.25, 0.3) is 0 Å². The largest absolute Gasteiger partial charge is 0.465 e. The van der Waals surface area contributed by atoms with E-state index in [4.69, 9.17) is 9.84 Å². The lowest BCUT2D eigenvalue weighted by Crippen LogP contribution is -2.38. The molecular weight excluding hydrogens is 361 g/mol. The molecule has 1 saturated carbocycles. The first-order chi connectivity index (χ1) is 12.3. The third-order valence-electron chi connectivity index (χ3n) is 5.39. The molecule has 0 aromatic heterocycles. The van der Waals surface area contributed by atoms with Gasteiger partial charge in [0, 0.05) is 19.3 Å². The molecule has 0 spiro atoms. The maximum Gasteiger partial charge on any atom is 0.407 e. The van der Waals surface area contributed by atoms with E-state index in [2.05, 4.69) is 0 Å². The van der Waals surface area contributed by atoms with Crippen molar-refractivity contribution < 1.29 is 27.4 Å². The van der Waals surface area contributed by atoms with E-state index in [0.29, 0.717) is 43.0 Å². The van der Waals surface area contributed by atoms with Gasteiger partial charge in [-0.15, -0.1) is 0 Å². The number of hydrogen-bond donors (Lipinski definition) is 1. The summed E-state index contributed by atoms with van der Waals surface area (Å²) in [6.45, 7) is 2.06. The molecule has 26 heavy (non-hydrogen) atoms. The molecule has 0 radical (unpaired) electrons. The quantitative estimate of drug-likeness (QED) is 0.814. The molecule has 1 aliphatic heterocycles. The van der Waals surface area contributed by atoms with Crippen LogP contribution in [0.4, 0.5) is 9.18 Å². The van der Waals surface area contributed by atoms with E-state index in [0.717, 1.165) is 25.5 Å². The second kappa shape index (κ2) is 7.52. The molecule has 1 aromatic rings. The monoisotopic (exact) mass is 385 g/mol. The minimum atomic E-state index is -3.56. The molecule has 2 aliphatic rings. The lowest BCUT2D eigenvalue weighted by Gasteiger charge is -2.30. The van der Waals surface area contributed by atoms with Crippen LogP contribution in [-0.4, -0.2) is 50.5 Å². The van der Waals surface area contributed by atoms with E-state index in [1.54, 1.807) is 6.07 Å². The molecule has 2 fully saturated rings. The molecule has 1 N–H and O–H groups in total. The fraction of sp³-hybridized carbons (Fsp3) is 0.611. The molecule has 8 heteroatoms. The van der Waals surface area contributed by atoms with Crippen molar-refractivity contribution in [1.29, 1.82) is 0 Å². The van der Waals surface area contributed by atoms with E-state index in [1.807, 2.05) is 0 Å². The zero-order valence-electron chi connectivity index (χ0n) is 14.7. The topological polar surface area (TPSA) is 83.9 Å². The highest BCUT2D eigenvalue weighted by atomic mass is 32.2. The molecule has 0 bridgehead atoms. The fourth-order valence-electron chi connectivity index (χ4n) is 3.82. The lowest BCUT2D eigenvalue weighted by atomic mass is 9.91. The number of carbonyl (C=O) groups is 1. The van der Waals surface area contributed by atoms with Crippen LogP contribution >= 0.6 is 0 Å². The van der Waals surface area contributed by atoms with Gasteiger partial charge in [0.25, 0.3) is 0 Å². The summed E-state index contributed by atoms with van der Waals surface area (Å²) in [4.78, 5) is 12.1. The van der Waals surface area contributed by atoms with E-state index in [9.17, 15) is 17.6 Å². The predicted molar refractivity (Wildman–Crippen MR) is 93.1 cm³/mol. The predicted octanol–water partition coefficient (Wildman–Crippen LogP) is 2.77. The van der Waals surface area contributed by atoms with Crippen molar-refractivity contribution in [3.8, 4) is 0 Å². The van der Waals surface area contributed by atoms with Crippen molar-refractivity contribution in [2.45, 2.75) is 30.8 Å². The molecule has 0 unspecified atom stereocenters. The van der Waals surface area contributed by atoms with Crippen LogP contribution in [0.15, 0.2) is 23.1 Å². The first kappa shape index (κ1) is 19.1. The Hall–Kier alpha value is -1.67. The zero-order valence-corrected chi connectivity index (χ0v) is 15.5. The van der Waals surface area contributed by atoms with Gasteiger partial charge in [0.05, 0.1) is 13.2 Å². The average Bonchev–Trinajstić information content (AvgIpc) is 3.33. The molecule has 1 aliphatic carbocycles. The van der Waals surface area contributed by atoms with Crippen molar-refractivity contribution in [3.63, 3.8) is 0 Å². The number of benzene rings is 1. The lowest BCUT2D eigenvalue weighted by molar-refractivity contribution is 0.0966. The Bertz CT molecular complexity index is 774. The van der Waals surface area contributed by atoms with Crippen molar-refractivity contribution in [1.82, 2.24) is 4.90 Å². The summed E-state index contributed by atoms with van der Waals surface area (Å²) >= 11 is 0. The number of sulfone groups is 1. The number of hydrogen-bond acceptors (Lipinski definition) is 4. The second-order valence-electron chi connectivity index (χ2n) is 7.32. The van der Waals surface area contributed by atoms with Gasteiger partial charge in [0.15, 0.2) is 9.84 Å². The summed E-state index contributed by atoms with van der Waals surface area (Å²) in [5.74, 6) is 0.889. The van der Waals surface area contributed by atoms with Gasteiger partial charge in [-0.3, -0.25) is 0 Å². The number of amides is 1. The summed E-state index contributed by atoms with van der Waals surface area (Å²) in [7, 11) is -3.56. The number of halogens is 1. The van der Waals surface area contributed by atoms with Gasteiger partial charge in [-0.25, -0.2) is 17.6 Å². The van der Waals surface area contributed by atoms with Gasteiger partial charge in [0.1, 0.15) is 10.7 Å². The van der Waals surface area contributed by atoms with Crippen LogP contribution < -0.4 is 0 Å². The Kier molecular flexibility index (Phi) is 5.53. The van der Waals surface area contributed by atoms with Gasteiger partial charge in [-0.05, 0) is 54.7 Å². The number of rotatable bonds is 6. The highest BCUT2D eigenvalue weighted by Crippen LogP contribution is 2.48. The van der Waals surface area contributed by atoms with Gasteiger partial charge in [-0.2, -0.15) is 0 Å². The van der Waals surface area contributed by atoms with Crippen molar-refractivity contribution >= 4 is 15.9 Å². The summed E-state index contributed by atoms with van der Waals surface area (Å²) < 4.78 is 42.4. The molecule has 2 atom stereocenters. The minimum Gasteiger partial charge on any atom is -0.465 e. The second-order valence-corrected chi connectivity index (χ2v) is 9.30. The number of nitrogens with zero attached hydrogens (tertiary/aromatic N) is 1. The van der Waals surface area contributed by atoms with Gasteiger partial charge in [0.2, 0.25) is 0 Å². The van der Waals surface area contributed by atoms with Crippen LogP contribution in [0.5, 0.6) is 0 Å². The number of ether oxygens (including phenoxy) is 1. The van der Waals surface area contributed by atoms with E-state index >= 15 is 0 Å². The molecule has 144 valence electrons. The fourth-order valence-corrected chi connectivity index (χ4v) is 4.55. The Morgan fingerprint density at radius 3 is 2.62 bits per heavy atom. The third-order valence-corrected chi connectivity index (χ3v) is 6.52. The van der Waals surface area contributed by atoms with E-state index < -0.39 is 21.7 Å². The molecule has 1 amide bonds. The van der Waals surface area contributed by atoms with Crippen LogP contribution in [0.3, 0.4) is 0 Å². The Balaban J connectivity index is 1.42. The maximum absolute atomic E-state index is 13.9. The summed E-state index contributed by atoms with van der Waals surface area (Å²) in [6, 6.07) is 4.06. The first-order valence-corrected chi connectivity index (χ1v) is 10.7. The number of likely N-dealkylation sites (tertiary alicyclic amines) is 1. The molecule has 1 aromatic carbocycles. The molecule has 1 heterocycles. The van der Waals surface area contributed by atoms with Crippen LogP contribution in [0.2, 0.25) is 0 Å². The SMILES string of the molecule is CS(=O)(=O)c1ccc(COC[C@@H]2C[C@@H]2C2CCN(C(=O)O)CC2)cc1F. The summed E-state index contributed by atoms with van der Waals surface area (Å²) in [5.41, 5.74) is 0.613. The Morgan fingerprint density at radius 1 is 1.35 bits per heavy atom. The third kappa shape index (κ3) is 4.54. The standard InChI is InChI=1S/C18H24FNO5S/c1-26(23,24)17-3-2-12(8-16(17)19)10-25-11-14-9-15(14)13-4-6-20(7-5-13)18(21)22/h2-3,8,13-15H,4-7,9-11H2,1H3,(H,21,22)/t14-,15+/m0/s1. The van der Waals surface area contributed by atoms with Crippen LogP contribution in [0.1, 0.15) is 24.8 Å². The smallest absolute Gasteiger partial charge is 0.407 e. The van der Waals surface area contributed by atoms with Crippen LogP contribution in [0, 0.1) is 23.6 Å². The average molecular weight is 385 g/mol. The van der Waals surface area contributed by atoms with E-state index in [1.165, 1.54) is 17.0 Å². The highest BCUT2D eigenvalue weighted by molar-refractivity contribution is 7.90. The highest BCUT2D eigenvalue weighted by Gasteiger charge is 2.43. The molecule has 1 saturated heterocycles. The number of piperidine rings is 1. The molecule has 6 nitrogen and oxygen atoms in total. The van der Waals surface area contributed by atoms with Crippen molar-refractivity contribution in [3.05, 3.63) is 29.6 Å². The molecule has 3 rings (SSSR count). The van der Waals surface area contributed by atoms with Crippen molar-refractivity contribution in [2.24, 2.45) is 17.8 Å². The summed E-state index contributed by atoms with van der Waals surface area (Å²) in [6.07, 6.45) is 3.06. The van der Waals surface area contributed by atoms with Crippen molar-refractivity contribution in [2.75, 3.05) is 26.0 Å². The van der Waals surface area contributed by atoms with Gasteiger partial charge < -0.3 is 14.7 Å². The first-order valence-electron chi connectivity index (χ1n) is 8.80. The molecular formula is C18H24FNO5S. The van der Waals surface area contributed by atoms with Gasteiger partial charge in [-0.1, -0.05) is 6.07 Å². The van der Waals surface area contributed by atoms with Gasteiger partial charge >= 0.3 is 6.09 Å². The Morgan fingerprint density at radius 2 is 2.04 bits per heavy atom. The number of carboxylic acid groups (broad SMARTS) is 1. The minimum absolute atomic E-state index is 0.252. The van der Waals surface area contributed by atoms with Crippen LogP contribution in [-0.2, 0) is 21.2 Å². The normalized spacial score (nSPS) is 23.8. The summed E-state index contributed by atoms with van der Waals surface area (Å²) in [5, 5.41) is 8.98. The Labute approximate surface area is 152 Å². The van der Waals surface area contributed by atoms with E-state index in [-0.39, 0.29) is 11.5 Å². The zero-order chi connectivity index (χ0) is 18.9. The maximum atomic E-state index is 13.9.